The number of furan rings is 1. The Morgan fingerprint density at radius 2 is 2.43 bits per heavy atom. The molecule has 0 radical (unpaired) electrons. The van der Waals surface area contributed by atoms with E-state index < -0.39 is 5.56 Å². The van der Waals surface area contributed by atoms with E-state index in [1.807, 2.05) is 0 Å². The van der Waals surface area contributed by atoms with Crippen molar-refractivity contribution >= 4 is 0 Å². The molecule has 0 spiro atoms. The molecule has 0 amide bonds. The monoisotopic (exact) mass is 187 g/mol. The van der Waals surface area contributed by atoms with Crippen molar-refractivity contribution in [2.24, 2.45) is 0 Å². The Labute approximate surface area is 78.6 Å². The zero-order valence-corrected chi connectivity index (χ0v) is 7.02. The molecule has 0 atom stereocenters. The Bertz CT molecular complexity index is 534. The molecule has 2 aromatic rings. The highest BCUT2D eigenvalue weighted by molar-refractivity contribution is 5.52. The number of hydrogen-bond acceptors (Lipinski definition) is 4. The molecule has 0 fully saturated rings. The van der Waals surface area contributed by atoms with Crippen LogP contribution >= 0.6 is 0 Å². The van der Waals surface area contributed by atoms with E-state index in [9.17, 15) is 4.79 Å². The van der Waals surface area contributed by atoms with Gasteiger partial charge in [0.2, 0.25) is 0 Å². The minimum Gasteiger partial charge on any atom is -0.472 e. The number of nitriles is 1. The molecule has 2 aromatic heterocycles. The van der Waals surface area contributed by atoms with Gasteiger partial charge in [0, 0.05) is 0 Å². The number of rotatable bonds is 1. The summed E-state index contributed by atoms with van der Waals surface area (Å²) in [6.07, 6.45) is 4.18. The molecule has 0 aliphatic rings. The first-order valence-electron chi connectivity index (χ1n) is 3.83. The van der Waals surface area contributed by atoms with E-state index in [1.54, 1.807) is 12.1 Å². The quantitative estimate of drug-likeness (QED) is 0.718. The van der Waals surface area contributed by atoms with Gasteiger partial charge in [-0.2, -0.15) is 5.26 Å². The Morgan fingerprint density at radius 3 is 3.00 bits per heavy atom. The molecule has 68 valence electrons. The minimum atomic E-state index is -0.446. The van der Waals surface area contributed by atoms with Gasteiger partial charge in [0.1, 0.15) is 23.7 Å². The Balaban J connectivity index is 2.55. The van der Waals surface area contributed by atoms with Gasteiger partial charge in [-0.1, -0.05) is 0 Å². The average molecular weight is 187 g/mol. The fraction of sp³-hybridized carbons (Fsp3) is 0. The summed E-state index contributed by atoms with van der Waals surface area (Å²) >= 11 is 0. The molecule has 2 rings (SSSR count). The van der Waals surface area contributed by atoms with Crippen molar-refractivity contribution in [1.82, 2.24) is 9.97 Å². The van der Waals surface area contributed by atoms with Crippen molar-refractivity contribution in [3.05, 3.63) is 40.7 Å². The Hall–Kier alpha value is -2.35. The van der Waals surface area contributed by atoms with Crippen molar-refractivity contribution < 1.29 is 4.42 Å². The smallest absolute Gasteiger partial charge is 0.269 e. The SMILES string of the molecule is N#Cc1cnc(-c2ccoc2)[nH]c1=O. The summed E-state index contributed by atoms with van der Waals surface area (Å²) in [4.78, 5) is 17.6. The highest BCUT2D eigenvalue weighted by Crippen LogP contribution is 2.12. The number of aromatic amines is 1. The van der Waals surface area contributed by atoms with Crippen LogP contribution in [0.1, 0.15) is 5.56 Å². The molecule has 0 aliphatic carbocycles. The summed E-state index contributed by atoms with van der Waals surface area (Å²) in [5.41, 5.74) is 0.225. The standard InChI is InChI=1S/C9H5N3O2/c10-3-7-4-11-8(12-9(7)13)6-1-2-14-5-6/h1-2,4-5H,(H,11,12,13). The van der Waals surface area contributed by atoms with Crippen LogP contribution in [0.15, 0.2) is 34.0 Å². The van der Waals surface area contributed by atoms with Gasteiger partial charge >= 0.3 is 0 Å². The van der Waals surface area contributed by atoms with Crippen LogP contribution in [0.4, 0.5) is 0 Å². The molecular weight excluding hydrogens is 182 g/mol. The maximum atomic E-state index is 11.2. The molecule has 5 nitrogen and oxygen atoms in total. The van der Waals surface area contributed by atoms with E-state index in [0.29, 0.717) is 11.4 Å². The lowest BCUT2D eigenvalue weighted by Gasteiger charge is -1.94. The van der Waals surface area contributed by atoms with Crippen molar-refractivity contribution in [1.29, 1.82) is 5.26 Å². The van der Waals surface area contributed by atoms with Gasteiger partial charge in [-0.05, 0) is 6.07 Å². The van der Waals surface area contributed by atoms with Crippen LogP contribution in [0, 0.1) is 11.3 Å². The molecule has 0 saturated carbocycles. The predicted molar refractivity (Wildman–Crippen MR) is 47.3 cm³/mol. The first kappa shape index (κ1) is 8.26. The van der Waals surface area contributed by atoms with Crippen molar-refractivity contribution in [3.8, 4) is 17.5 Å². The van der Waals surface area contributed by atoms with E-state index in [4.69, 9.17) is 9.68 Å². The molecule has 0 saturated heterocycles. The van der Waals surface area contributed by atoms with Crippen LogP contribution in [0.3, 0.4) is 0 Å². The van der Waals surface area contributed by atoms with Gasteiger partial charge in [-0.3, -0.25) is 4.79 Å². The molecule has 0 bridgehead atoms. The summed E-state index contributed by atoms with van der Waals surface area (Å²) in [5, 5.41) is 8.51. The molecular formula is C9H5N3O2. The zero-order chi connectivity index (χ0) is 9.97. The predicted octanol–water partition coefficient (Wildman–Crippen LogP) is 0.902. The molecule has 14 heavy (non-hydrogen) atoms. The lowest BCUT2D eigenvalue weighted by atomic mass is 10.3. The van der Waals surface area contributed by atoms with E-state index >= 15 is 0 Å². The van der Waals surface area contributed by atoms with Gasteiger partial charge in [-0.25, -0.2) is 4.98 Å². The third-order valence-electron chi connectivity index (χ3n) is 1.71. The average Bonchev–Trinajstić information content (AvgIpc) is 2.70. The Kier molecular flexibility index (Phi) is 1.88. The third kappa shape index (κ3) is 1.29. The second-order valence-electron chi connectivity index (χ2n) is 2.60. The van der Waals surface area contributed by atoms with E-state index in [1.165, 1.54) is 18.7 Å². The number of nitrogens with zero attached hydrogens (tertiary/aromatic N) is 2. The first-order chi connectivity index (χ1) is 6.81. The maximum Gasteiger partial charge on any atom is 0.269 e. The summed E-state index contributed by atoms with van der Waals surface area (Å²) in [6, 6.07) is 3.41. The van der Waals surface area contributed by atoms with E-state index in [2.05, 4.69) is 9.97 Å². The molecule has 5 heteroatoms. The van der Waals surface area contributed by atoms with Crippen LogP contribution in [-0.4, -0.2) is 9.97 Å². The highest BCUT2D eigenvalue weighted by Gasteiger charge is 2.04. The molecule has 0 aromatic carbocycles. The summed E-state index contributed by atoms with van der Waals surface area (Å²) < 4.78 is 4.84. The molecule has 2 heterocycles. The van der Waals surface area contributed by atoms with Crippen LogP contribution < -0.4 is 5.56 Å². The zero-order valence-electron chi connectivity index (χ0n) is 7.02. The largest absolute Gasteiger partial charge is 0.472 e. The molecule has 0 unspecified atom stereocenters. The van der Waals surface area contributed by atoms with E-state index in [-0.39, 0.29) is 5.56 Å². The second kappa shape index (κ2) is 3.18. The second-order valence-corrected chi connectivity index (χ2v) is 2.60. The number of hydrogen-bond donors (Lipinski definition) is 1. The summed E-state index contributed by atoms with van der Waals surface area (Å²) in [5.74, 6) is 0.391. The van der Waals surface area contributed by atoms with E-state index in [0.717, 1.165) is 0 Å². The van der Waals surface area contributed by atoms with Crippen LogP contribution in [0.25, 0.3) is 11.4 Å². The lowest BCUT2D eigenvalue weighted by Crippen LogP contribution is -2.11. The topological polar surface area (TPSA) is 82.7 Å². The van der Waals surface area contributed by atoms with Crippen LogP contribution in [0.5, 0.6) is 0 Å². The van der Waals surface area contributed by atoms with Gasteiger partial charge in [0.05, 0.1) is 18.0 Å². The van der Waals surface area contributed by atoms with Crippen molar-refractivity contribution in [2.45, 2.75) is 0 Å². The van der Waals surface area contributed by atoms with Gasteiger partial charge < -0.3 is 9.40 Å². The first-order valence-corrected chi connectivity index (χ1v) is 3.83. The fourth-order valence-electron chi connectivity index (χ4n) is 1.02. The number of H-pyrrole nitrogens is 1. The Morgan fingerprint density at radius 1 is 1.57 bits per heavy atom. The lowest BCUT2D eigenvalue weighted by molar-refractivity contribution is 0.568. The maximum absolute atomic E-state index is 11.2. The summed E-state index contributed by atoms with van der Waals surface area (Å²) in [6.45, 7) is 0. The summed E-state index contributed by atoms with van der Waals surface area (Å²) in [7, 11) is 0. The fourth-order valence-corrected chi connectivity index (χ4v) is 1.02. The normalized spacial score (nSPS) is 9.64. The number of nitrogens with one attached hydrogen (secondary N) is 1. The van der Waals surface area contributed by atoms with Gasteiger partial charge in [0.25, 0.3) is 5.56 Å². The number of aromatic nitrogens is 2. The van der Waals surface area contributed by atoms with Crippen molar-refractivity contribution in [3.63, 3.8) is 0 Å². The minimum absolute atomic E-state index is 0.00255. The molecule has 0 aliphatic heterocycles. The van der Waals surface area contributed by atoms with Gasteiger partial charge in [0.15, 0.2) is 0 Å². The molecule has 1 N–H and O–H groups in total. The third-order valence-corrected chi connectivity index (χ3v) is 1.71. The van der Waals surface area contributed by atoms with Crippen molar-refractivity contribution in [2.75, 3.05) is 0 Å². The van der Waals surface area contributed by atoms with Crippen LogP contribution in [0.2, 0.25) is 0 Å². The van der Waals surface area contributed by atoms with Gasteiger partial charge in [-0.15, -0.1) is 0 Å². The van der Waals surface area contributed by atoms with Crippen LogP contribution in [-0.2, 0) is 0 Å². The highest BCUT2D eigenvalue weighted by atomic mass is 16.3.